The Morgan fingerprint density at radius 1 is 1.25 bits per heavy atom. The van der Waals surface area contributed by atoms with Gasteiger partial charge in [-0.1, -0.05) is 18.2 Å². The standard InChI is InChI=1S/C14H23N3O.2ClH/c1-14(2,11-15)13(18)16-9-10-17(3)12-7-5-4-6-8-12;;/h4-8H,9-11,15H2,1-3H3,(H,16,18);2*1H. The summed E-state index contributed by atoms with van der Waals surface area (Å²) in [7, 11) is 2.01. The van der Waals surface area contributed by atoms with Crippen molar-refractivity contribution in [1.29, 1.82) is 0 Å². The number of amides is 1. The maximum atomic E-state index is 11.8. The molecule has 3 N–H and O–H groups in total. The Balaban J connectivity index is 0. The highest BCUT2D eigenvalue weighted by Gasteiger charge is 2.25. The molecule has 0 atom stereocenters. The van der Waals surface area contributed by atoms with Crippen molar-refractivity contribution in [3.63, 3.8) is 0 Å². The SMILES string of the molecule is CN(CCNC(=O)C(C)(C)CN)c1ccccc1.Cl.Cl. The number of hydrogen-bond acceptors (Lipinski definition) is 3. The largest absolute Gasteiger partial charge is 0.373 e. The third-order valence-corrected chi connectivity index (χ3v) is 3.05. The molecule has 1 rings (SSSR count). The first-order valence-electron chi connectivity index (χ1n) is 6.22. The monoisotopic (exact) mass is 321 g/mol. The quantitative estimate of drug-likeness (QED) is 0.843. The number of nitrogens with two attached hydrogens (primary N) is 1. The predicted octanol–water partition coefficient (Wildman–Crippen LogP) is 2.07. The van der Waals surface area contributed by atoms with Gasteiger partial charge in [-0.2, -0.15) is 0 Å². The van der Waals surface area contributed by atoms with Crippen molar-refractivity contribution in [3.05, 3.63) is 30.3 Å². The molecule has 0 bridgehead atoms. The molecule has 1 aromatic carbocycles. The van der Waals surface area contributed by atoms with Crippen LogP contribution in [0.15, 0.2) is 30.3 Å². The van der Waals surface area contributed by atoms with Crippen LogP contribution in [0.3, 0.4) is 0 Å². The number of benzene rings is 1. The first-order chi connectivity index (χ1) is 8.47. The molecule has 1 amide bonds. The van der Waals surface area contributed by atoms with E-state index < -0.39 is 5.41 Å². The van der Waals surface area contributed by atoms with Crippen LogP contribution in [0.25, 0.3) is 0 Å². The normalized spacial score (nSPS) is 10.0. The lowest BCUT2D eigenvalue weighted by molar-refractivity contribution is -0.128. The fourth-order valence-electron chi connectivity index (χ4n) is 1.48. The van der Waals surface area contributed by atoms with Crippen LogP contribution < -0.4 is 16.0 Å². The Bertz CT molecular complexity index is 385. The molecule has 0 fully saturated rings. The second kappa shape index (κ2) is 9.86. The van der Waals surface area contributed by atoms with Crippen LogP contribution in [0.1, 0.15) is 13.8 Å². The molecular weight excluding hydrogens is 297 g/mol. The van der Waals surface area contributed by atoms with Gasteiger partial charge in [0.15, 0.2) is 0 Å². The number of nitrogens with one attached hydrogen (secondary N) is 1. The van der Waals surface area contributed by atoms with E-state index in [1.165, 1.54) is 0 Å². The summed E-state index contributed by atoms with van der Waals surface area (Å²) in [6, 6.07) is 10.1. The molecular formula is C14H25Cl2N3O. The van der Waals surface area contributed by atoms with Gasteiger partial charge in [-0.3, -0.25) is 4.79 Å². The van der Waals surface area contributed by atoms with E-state index in [1.807, 2.05) is 51.2 Å². The maximum absolute atomic E-state index is 11.8. The molecule has 0 saturated carbocycles. The summed E-state index contributed by atoms with van der Waals surface area (Å²) in [5, 5.41) is 2.91. The molecule has 0 saturated heterocycles. The zero-order chi connectivity index (χ0) is 13.6. The molecule has 0 aromatic heterocycles. The second-order valence-electron chi connectivity index (χ2n) is 5.10. The summed E-state index contributed by atoms with van der Waals surface area (Å²) < 4.78 is 0. The number of nitrogens with zero attached hydrogens (tertiary/aromatic N) is 1. The Kier molecular flexibility index (Phi) is 10.5. The third-order valence-electron chi connectivity index (χ3n) is 3.05. The number of rotatable bonds is 6. The molecule has 0 unspecified atom stereocenters. The molecule has 4 nitrogen and oxygen atoms in total. The number of hydrogen-bond donors (Lipinski definition) is 2. The van der Waals surface area contributed by atoms with Crippen molar-refractivity contribution in [2.24, 2.45) is 11.1 Å². The number of carbonyl (C=O) groups excluding carboxylic acids is 1. The molecule has 0 aliphatic rings. The van der Waals surface area contributed by atoms with Gasteiger partial charge in [-0.25, -0.2) is 0 Å². The van der Waals surface area contributed by atoms with E-state index in [-0.39, 0.29) is 30.7 Å². The van der Waals surface area contributed by atoms with E-state index in [9.17, 15) is 4.79 Å². The van der Waals surface area contributed by atoms with E-state index in [1.54, 1.807) is 0 Å². The van der Waals surface area contributed by atoms with E-state index in [2.05, 4.69) is 10.2 Å². The van der Waals surface area contributed by atoms with E-state index in [0.29, 0.717) is 13.1 Å². The van der Waals surface area contributed by atoms with Crippen molar-refractivity contribution in [2.45, 2.75) is 13.8 Å². The summed E-state index contributed by atoms with van der Waals surface area (Å²) in [4.78, 5) is 13.9. The van der Waals surface area contributed by atoms with Crippen molar-refractivity contribution in [1.82, 2.24) is 5.32 Å². The summed E-state index contributed by atoms with van der Waals surface area (Å²) in [6.07, 6.45) is 0. The smallest absolute Gasteiger partial charge is 0.226 e. The molecule has 1 aromatic rings. The molecule has 116 valence electrons. The lowest BCUT2D eigenvalue weighted by Gasteiger charge is -2.23. The summed E-state index contributed by atoms with van der Waals surface area (Å²) in [5.74, 6) is 0.00598. The number of halogens is 2. The number of likely N-dealkylation sites (N-methyl/N-ethyl adjacent to an activating group) is 1. The third kappa shape index (κ3) is 6.46. The number of para-hydroxylation sites is 1. The molecule has 0 radical (unpaired) electrons. The van der Waals surface area contributed by atoms with Gasteiger partial charge in [0.2, 0.25) is 5.91 Å². The molecule has 0 aliphatic carbocycles. The minimum absolute atomic E-state index is 0. The van der Waals surface area contributed by atoms with Crippen molar-refractivity contribution >= 4 is 36.4 Å². The van der Waals surface area contributed by atoms with Gasteiger partial charge in [0, 0.05) is 32.4 Å². The highest BCUT2D eigenvalue weighted by molar-refractivity contribution is 5.85. The van der Waals surface area contributed by atoms with Gasteiger partial charge < -0.3 is 16.0 Å². The Labute approximate surface area is 133 Å². The summed E-state index contributed by atoms with van der Waals surface area (Å²) >= 11 is 0. The van der Waals surface area contributed by atoms with Crippen LogP contribution in [-0.2, 0) is 4.79 Å². The minimum Gasteiger partial charge on any atom is -0.373 e. The fraction of sp³-hybridized carbons (Fsp3) is 0.500. The van der Waals surface area contributed by atoms with Gasteiger partial charge in [0.1, 0.15) is 0 Å². The lowest BCUT2D eigenvalue weighted by Crippen LogP contribution is -2.44. The maximum Gasteiger partial charge on any atom is 0.226 e. The minimum atomic E-state index is -0.495. The predicted molar refractivity (Wildman–Crippen MR) is 90.1 cm³/mol. The van der Waals surface area contributed by atoms with E-state index >= 15 is 0 Å². The highest BCUT2D eigenvalue weighted by atomic mass is 35.5. The topological polar surface area (TPSA) is 58.4 Å². The Morgan fingerprint density at radius 3 is 2.30 bits per heavy atom. The zero-order valence-corrected chi connectivity index (χ0v) is 13.9. The van der Waals surface area contributed by atoms with Crippen LogP contribution in [0.5, 0.6) is 0 Å². The molecule has 0 aliphatic heterocycles. The Morgan fingerprint density at radius 2 is 1.80 bits per heavy atom. The Hall–Kier alpha value is -0.970. The fourth-order valence-corrected chi connectivity index (χ4v) is 1.48. The molecule has 0 heterocycles. The average molecular weight is 322 g/mol. The van der Waals surface area contributed by atoms with Crippen LogP contribution in [0.4, 0.5) is 5.69 Å². The van der Waals surface area contributed by atoms with Crippen LogP contribution in [0.2, 0.25) is 0 Å². The van der Waals surface area contributed by atoms with Gasteiger partial charge in [-0.15, -0.1) is 24.8 Å². The van der Waals surface area contributed by atoms with Crippen LogP contribution in [-0.4, -0.2) is 32.6 Å². The molecule has 0 spiro atoms. The van der Waals surface area contributed by atoms with Crippen molar-refractivity contribution in [2.75, 3.05) is 31.6 Å². The number of anilines is 1. The molecule has 6 heteroatoms. The van der Waals surface area contributed by atoms with Crippen LogP contribution in [0, 0.1) is 5.41 Å². The average Bonchev–Trinajstić information content (AvgIpc) is 2.39. The van der Waals surface area contributed by atoms with Gasteiger partial charge in [0.05, 0.1) is 5.41 Å². The van der Waals surface area contributed by atoms with E-state index in [4.69, 9.17) is 5.73 Å². The zero-order valence-electron chi connectivity index (χ0n) is 12.3. The molecule has 20 heavy (non-hydrogen) atoms. The van der Waals surface area contributed by atoms with Gasteiger partial charge >= 0.3 is 0 Å². The summed E-state index contributed by atoms with van der Waals surface area (Å²) in [5.41, 5.74) is 6.21. The lowest BCUT2D eigenvalue weighted by atomic mass is 9.93. The first-order valence-corrected chi connectivity index (χ1v) is 6.22. The van der Waals surface area contributed by atoms with Gasteiger partial charge in [0.25, 0.3) is 0 Å². The second-order valence-corrected chi connectivity index (χ2v) is 5.10. The van der Waals surface area contributed by atoms with Crippen LogP contribution >= 0.6 is 24.8 Å². The first kappa shape index (κ1) is 21.3. The summed E-state index contributed by atoms with van der Waals surface area (Å²) in [6.45, 7) is 5.45. The van der Waals surface area contributed by atoms with Gasteiger partial charge in [-0.05, 0) is 26.0 Å². The van der Waals surface area contributed by atoms with E-state index in [0.717, 1.165) is 12.2 Å². The highest BCUT2D eigenvalue weighted by Crippen LogP contribution is 2.12. The van der Waals surface area contributed by atoms with Crippen molar-refractivity contribution < 1.29 is 4.79 Å². The van der Waals surface area contributed by atoms with Crippen molar-refractivity contribution in [3.8, 4) is 0 Å². The number of carbonyl (C=O) groups is 1.